The van der Waals surface area contributed by atoms with Crippen molar-refractivity contribution in [2.24, 2.45) is 10.9 Å². The van der Waals surface area contributed by atoms with Gasteiger partial charge in [0.15, 0.2) is 5.84 Å². The van der Waals surface area contributed by atoms with Crippen molar-refractivity contribution in [3.8, 4) is 0 Å². The summed E-state index contributed by atoms with van der Waals surface area (Å²) in [6.45, 7) is 0.657. The highest BCUT2D eigenvalue weighted by atomic mass is 32.2. The molecule has 0 atom stereocenters. The second-order valence-electron chi connectivity index (χ2n) is 5.19. The van der Waals surface area contributed by atoms with Gasteiger partial charge in [-0.15, -0.1) is 11.8 Å². The number of oxime groups is 1. The van der Waals surface area contributed by atoms with Crippen molar-refractivity contribution in [1.29, 1.82) is 0 Å². The molecule has 0 aromatic heterocycles. The Bertz CT molecular complexity index is 502. The number of aliphatic hydroxyl groups is 1. The minimum Gasteiger partial charge on any atom is -0.409 e. The Morgan fingerprint density at radius 2 is 2.14 bits per heavy atom. The third-order valence-electron chi connectivity index (χ3n) is 4.00. The van der Waals surface area contributed by atoms with Gasteiger partial charge in [0.05, 0.1) is 12.2 Å². The Labute approximate surface area is 129 Å². The molecule has 1 aliphatic carbocycles. The van der Waals surface area contributed by atoms with Crippen molar-refractivity contribution in [3.63, 3.8) is 0 Å². The summed E-state index contributed by atoms with van der Waals surface area (Å²) in [5, 5.41) is 21.7. The van der Waals surface area contributed by atoms with Crippen LogP contribution in [0.25, 0.3) is 0 Å². The summed E-state index contributed by atoms with van der Waals surface area (Å²) in [7, 11) is 0. The molecule has 1 fully saturated rings. The summed E-state index contributed by atoms with van der Waals surface area (Å²) in [4.78, 5) is 3.18. The predicted octanol–water partition coefficient (Wildman–Crippen LogP) is 2.24. The molecule has 116 valence electrons. The van der Waals surface area contributed by atoms with Crippen molar-refractivity contribution < 1.29 is 10.3 Å². The number of rotatable bonds is 6. The minimum atomic E-state index is 0.0929. The van der Waals surface area contributed by atoms with Gasteiger partial charge in [0, 0.05) is 23.2 Å². The standard InChI is InChI=1S/C15H23N3O2S/c1-21-13-8-4-7-12(14(13)15(16)17-20)18(9-10-19)11-5-2-3-6-11/h4,7-8,11,19-20H,2-3,5-6,9-10H2,1H3,(H2,16,17). The van der Waals surface area contributed by atoms with Gasteiger partial charge in [0.25, 0.3) is 0 Å². The lowest BCUT2D eigenvalue weighted by Crippen LogP contribution is -2.37. The van der Waals surface area contributed by atoms with Crippen LogP contribution in [0.15, 0.2) is 28.3 Å². The number of amidine groups is 1. The van der Waals surface area contributed by atoms with Crippen molar-refractivity contribution in [2.45, 2.75) is 36.6 Å². The average molecular weight is 309 g/mol. The van der Waals surface area contributed by atoms with Crippen LogP contribution < -0.4 is 10.6 Å². The Kier molecular flexibility index (Phi) is 5.76. The maximum Gasteiger partial charge on any atom is 0.173 e. The smallest absolute Gasteiger partial charge is 0.173 e. The number of hydrogen-bond acceptors (Lipinski definition) is 5. The molecule has 0 heterocycles. The maximum absolute atomic E-state index is 9.41. The Morgan fingerprint density at radius 1 is 1.43 bits per heavy atom. The van der Waals surface area contributed by atoms with E-state index in [0.717, 1.165) is 29.0 Å². The first-order valence-corrected chi connectivity index (χ1v) is 8.47. The lowest BCUT2D eigenvalue weighted by molar-refractivity contribution is 0.297. The third-order valence-corrected chi connectivity index (χ3v) is 4.78. The van der Waals surface area contributed by atoms with Crippen LogP contribution in [0.4, 0.5) is 5.69 Å². The van der Waals surface area contributed by atoms with E-state index in [-0.39, 0.29) is 12.4 Å². The molecule has 4 N–H and O–H groups in total. The summed E-state index contributed by atoms with van der Waals surface area (Å²) < 4.78 is 0. The van der Waals surface area contributed by atoms with Crippen LogP contribution in [-0.4, -0.2) is 41.6 Å². The largest absolute Gasteiger partial charge is 0.409 e. The zero-order chi connectivity index (χ0) is 15.2. The quantitative estimate of drug-likeness (QED) is 0.247. The van der Waals surface area contributed by atoms with Crippen LogP contribution in [0.1, 0.15) is 31.2 Å². The van der Waals surface area contributed by atoms with Crippen molar-refractivity contribution in [2.75, 3.05) is 24.3 Å². The molecule has 1 aromatic rings. The molecule has 1 aromatic carbocycles. The molecule has 0 saturated heterocycles. The number of benzene rings is 1. The molecule has 1 aliphatic rings. The molecule has 21 heavy (non-hydrogen) atoms. The molecule has 1 saturated carbocycles. The van der Waals surface area contributed by atoms with E-state index in [0.29, 0.717) is 12.6 Å². The van der Waals surface area contributed by atoms with E-state index in [2.05, 4.69) is 10.1 Å². The van der Waals surface area contributed by atoms with Crippen LogP contribution >= 0.6 is 11.8 Å². The summed E-state index contributed by atoms with van der Waals surface area (Å²) in [5.41, 5.74) is 7.60. The summed E-state index contributed by atoms with van der Waals surface area (Å²) in [6.07, 6.45) is 6.65. The van der Waals surface area contributed by atoms with E-state index >= 15 is 0 Å². The van der Waals surface area contributed by atoms with Crippen LogP contribution in [0.3, 0.4) is 0 Å². The monoisotopic (exact) mass is 309 g/mol. The molecule has 0 bridgehead atoms. The highest BCUT2D eigenvalue weighted by Crippen LogP contribution is 2.34. The maximum atomic E-state index is 9.41. The summed E-state index contributed by atoms with van der Waals surface area (Å²) >= 11 is 1.57. The number of nitrogens with zero attached hydrogens (tertiary/aromatic N) is 2. The first-order chi connectivity index (χ1) is 10.2. The van der Waals surface area contributed by atoms with E-state index in [1.807, 2.05) is 24.5 Å². The lowest BCUT2D eigenvalue weighted by Gasteiger charge is -2.32. The average Bonchev–Trinajstić information content (AvgIpc) is 3.05. The van der Waals surface area contributed by atoms with E-state index in [1.54, 1.807) is 11.8 Å². The van der Waals surface area contributed by atoms with Gasteiger partial charge in [0.1, 0.15) is 0 Å². The molecule has 2 rings (SSSR count). The van der Waals surface area contributed by atoms with Gasteiger partial charge in [0.2, 0.25) is 0 Å². The lowest BCUT2D eigenvalue weighted by atomic mass is 10.1. The van der Waals surface area contributed by atoms with Crippen LogP contribution in [0.2, 0.25) is 0 Å². The van der Waals surface area contributed by atoms with Crippen molar-refractivity contribution in [1.82, 2.24) is 0 Å². The molecular formula is C15H23N3O2S. The Balaban J connectivity index is 2.48. The van der Waals surface area contributed by atoms with Crippen molar-refractivity contribution >= 4 is 23.3 Å². The second kappa shape index (κ2) is 7.56. The van der Waals surface area contributed by atoms with Gasteiger partial charge in [-0.25, -0.2) is 0 Å². The zero-order valence-corrected chi connectivity index (χ0v) is 13.1. The summed E-state index contributed by atoms with van der Waals surface area (Å²) in [5.74, 6) is 0.121. The highest BCUT2D eigenvalue weighted by Gasteiger charge is 2.26. The molecule has 0 amide bonds. The third kappa shape index (κ3) is 3.44. The fraction of sp³-hybridized carbons (Fsp3) is 0.533. The number of nitrogens with two attached hydrogens (primary N) is 1. The summed E-state index contributed by atoms with van der Waals surface area (Å²) in [6, 6.07) is 6.35. The topological polar surface area (TPSA) is 82.1 Å². The van der Waals surface area contributed by atoms with Gasteiger partial charge < -0.3 is 20.9 Å². The predicted molar refractivity (Wildman–Crippen MR) is 87.4 cm³/mol. The minimum absolute atomic E-state index is 0.0929. The molecule has 5 nitrogen and oxygen atoms in total. The SMILES string of the molecule is CSc1cccc(N(CCO)C2CCCC2)c1/C(N)=N/O. The second-order valence-corrected chi connectivity index (χ2v) is 6.04. The first-order valence-electron chi connectivity index (χ1n) is 7.25. The first kappa shape index (κ1) is 16.0. The van der Waals surface area contributed by atoms with Crippen LogP contribution in [0.5, 0.6) is 0 Å². The number of anilines is 1. The zero-order valence-electron chi connectivity index (χ0n) is 12.3. The highest BCUT2D eigenvalue weighted by molar-refractivity contribution is 7.98. The molecule has 0 radical (unpaired) electrons. The molecular weight excluding hydrogens is 286 g/mol. The van der Waals surface area contributed by atoms with Gasteiger partial charge >= 0.3 is 0 Å². The molecule has 0 unspecified atom stereocenters. The van der Waals surface area contributed by atoms with E-state index < -0.39 is 0 Å². The fourth-order valence-corrected chi connectivity index (χ4v) is 3.69. The molecule has 0 spiro atoms. The van der Waals surface area contributed by atoms with Gasteiger partial charge in [-0.05, 0) is 31.2 Å². The fourth-order valence-electron chi connectivity index (χ4n) is 3.06. The Morgan fingerprint density at radius 3 is 2.71 bits per heavy atom. The number of thioether (sulfide) groups is 1. The van der Waals surface area contributed by atoms with Crippen LogP contribution in [0, 0.1) is 0 Å². The van der Waals surface area contributed by atoms with Crippen molar-refractivity contribution in [3.05, 3.63) is 23.8 Å². The normalized spacial score (nSPS) is 16.4. The van der Waals surface area contributed by atoms with E-state index in [4.69, 9.17) is 10.9 Å². The Hall–Kier alpha value is -1.40. The molecule has 6 heteroatoms. The van der Waals surface area contributed by atoms with Gasteiger partial charge in [-0.1, -0.05) is 24.1 Å². The van der Waals surface area contributed by atoms with Gasteiger partial charge in [-0.3, -0.25) is 0 Å². The van der Waals surface area contributed by atoms with Crippen LogP contribution in [-0.2, 0) is 0 Å². The molecule has 0 aliphatic heterocycles. The van der Waals surface area contributed by atoms with E-state index in [1.165, 1.54) is 12.8 Å². The number of aliphatic hydroxyl groups excluding tert-OH is 1. The van der Waals surface area contributed by atoms with E-state index in [9.17, 15) is 5.11 Å². The number of hydrogen-bond donors (Lipinski definition) is 3. The van der Waals surface area contributed by atoms with Gasteiger partial charge in [-0.2, -0.15) is 0 Å².